The summed E-state index contributed by atoms with van der Waals surface area (Å²) < 4.78 is 5.75. The van der Waals surface area contributed by atoms with Crippen molar-refractivity contribution >= 4 is 0 Å². The van der Waals surface area contributed by atoms with Crippen LogP contribution in [0.4, 0.5) is 0 Å². The van der Waals surface area contributed by atoms with Gasteiger partial charge in [0.15, 0.2) is 0 Å². The highest BCUT2D eigenvalue weighted by Gasteiger charge is 2.34. The van der Waals surface area contributed by atoms with Crippen molar-refractivity contribution in [1.29, 1.82) is 0 Å². The number of hydrogen-bond acceptors (Lipinski definition) is 2. The molecule has 1 heterocycles. The Hall–Kier alpha value is -1.80. The Labute approximate surface area is 126 Å². The van der Waals surface area contributed by atoms with Crippen LogP contribution in [0.1, 0.15) is 41.5 Å². The molecule has 0 spiro atoms. The molecule has 1 aliphatic carbocycles. The zero-order chi connectivity index (χ0) is 14.2. The molecule has 2 aromatic carbocycles. The fraction of sp³-hybridized carbons (Fsp3) is 0.368. The van der Waals surface area contributed by atoms with Gasteiger partial charge in [-0.3, -0.25) is 0 Å². The Morgan fingerprint density at radius 1 is 1.05 bits per heavy atom. The molecule has 1 fully saturated rings. The van der Waals surface area contributed by atoms with E-state index in [1.54, 1.807) is 0 Å². The summed E-state index contributed by atoms with van der Waals surface area (Å²) in [7, 11) is 0. The molecule has 21 heavy (non-hydrogen) atoms. The smallest absolute Gasteiger partial charge is 0.124 e. The summed E-state index contributed by atoms with van der Waals surface area (Å²) >= 11 is 0. The van der Waals surface area contributed by atoms with Crippen molar-refractivity contribution in [3.63, 3.8) is 0 Å². The predicted octanol–water partition coefficient (Wildman–Crippen LogP) is 3.96. The molecule has 0 bridgehead atoms. The van der Waals surface area contributed by atoms with E-state index in [2.05, 4.69) is 54.7 Å². The summed E-state index contributed by atoms with van der Waals surface area (Å²) in [6.45, 7) is 2.94. The molecule has 1 saturated carbocycles. The predicted molar refractivity (Wildman–Crippen MR) is 84.8 cm³/mol. The van der Waals surface area contributed by atoms with Crippen molar-refractivity contribution < 1.29 is 4.74 Å². The monoisotopic (exact) mass is 279 g/mol. The highest BCUT2D eigenvalue weighted by atomic mass is 16.5. The second-order valence-corrected chi connectivity index (χ2v) is 6.35. The van der Waals surface area contributed by atoms with Crippen molar-refractivity contribution in [2.24, 2.45) is 0 Å². The number of nitrogens with one attached hydrogen (secondary N) is 1. The number of aryl methyl sites for hydroxylation is 1. The molecule has 2 nitrogen and oxygen atoms in total. The lowest BCUT2D eigenvalue weighted by molar-refractivity contribution is 0.236. The molecule has 0 aromatic heterocycles. The first-order chi connectivity index (χ1) is 10.3. The van der Waals surface area contributed by atoms with E-state index in [9.17, 15) is 0 Å². The molecule has 0 saturated heterocycles. The number of benzene rings is 2. The van der Waals surface area contributed by atoms with E-state index in [1.165, 1.54) is 29.5 Å². The van der Waals surface area contributed by atoms with Gasteiger partial charge < -0.3 is 10.1 Å². The molecule has 2 aromatic rings. The van der Waals surface area contributed by atoms with Crippen LogP contribution < -0.4 is 10.1 Å². The van der Waals surface area contributed by atoms with Gasteiger partial charge in [0.05, 0.1) is 6.04 Å². The third kappa shape index (κ3) is 2.44. The van der Waals surface area contributed by atoms with E-state index in [0.717, 1.165) is 18.3 Å². The van der Waals surface area contributed by atoms with E-state index < -0.39 is 0 Å². The first-order valence-electron chi connectivity index (χ1n) is 7.84. The zero-order valence-corrected chi connectivity index (χ0v) is 12.4. The van der Waals surface area contributed by atoms with Gasteiger partial charge in [-0.25, -0.2) is 0 Å². The van der Waals surface area contributed by atoms with Crippen molar-refractivity contribution in [1.82, 2.24) is 5.32 Å². The molecular formula is C19H21NO. The first-order valence-corrected chi connectivity index (χ1v) is 7.84. The highest BCUT2D eigenvalue weighted by Crippen LogP contribution is 2.40. The Morgan fingerprint density at radius 3 is 2.76 bits per heavy atom. The third-order valence-electron chi connectivity index (χ3n) is 4.79. The standard InChI is InChI=1S/C19H21NO/c1-13-5-4-6-14(9-13)15-10-16(11-15)20-18-12-21-19-8-3-2-7-17(18)19/h2-9,15-16,18,20H,10-12H2,1H3. The third-order valence-corrected chi connectivity index (χ3v) is 4.79. The molecule has 2 heteroatoms. The molecule has 108 valence electrons. The van der Waals surface area contributed by atoms with Crippen LogP contribution in [0, 0.1) is 6.92 Å². The second-order valence-electron chi connectivity index (χ2n) is 6.35. The summed E-state index contributed by atoms with van der Waals surface area (Å²) in [6.07, 6.45) is 2.48. The Balaban J connectivity index is 1.37. The Kier molecular flexibility index (Phi) is 3.19. The van der Waals surface area contributed by atoms with Crippen molar-refractivity contribution in [3.05, 3.63) is 65.2 Å². The van der Waals surface area contributed by atoms with Gasteiger partial charge in [0.25, 0.3) is 0 Å². The lowest BCUT2D eigenvalue weighted by Gasteiger charge is -2.38. The minimum Gasteiger partial charge on any atom is -0.491 e. The molecule has 1 unspecified atom stereocenters. The van der Waals surface area contributed by atoms with Gasteiger partial charge in [0, 0.05) is 11.6 Å². The van der Waals surface area contributed by atoms with Crippen molar-refractivity contribution in [2.75, 3.05) is 6.61 Å². The van der Waals surface area contributed by atoms with Gasteiger partial charge in [0.1, 0.15) is 12.4 Å². The van der Waals surface area contributed by atoms with Crippen molar-refractivity contribution in [3.8, 4) is 5.75 Å². The van der Waals surface area contributed by atoms with Gasteiger partial charge in [0.2, 0.25) is 0 Å². The molecule has 0 radical (unpaired) electrons. The molecule has 1 N–H and O–H groups in total. The summed E-state index contributed by atoms with van der Waals surface area (Å²) in [5.74, 6) is 1.77. The second kappa shape index (κ2) is 5.19. The van der Waals surface area contributed by atoms with E-state index in [0.29, 0.717) is 12.1 Å². The average Bonchev–Trinajstić information content (AvgIpc) is 2.85. The highest BCUT2D eigenvalue weighted by molar-refractivity contribution is 5.39. The van der Waals surface area contributed by atoms with Crippen LogP contribution in [-0.2, 0) is 0 Å². The normalized spacial score (nSPS) is 26.8. The van der Waals surface area contributed by atoms with Crippen LogP contribution in [-0.4, -0.2) is 12.6 Å². The average molecular weight is 279 g/mol. The molecule has 4 rings (SSSR count). The van der Waals surface area contributed by atoms with Gasteiger partial charge in [-0.1, -0.05) is 48.0 Å². The van der Waals surface area contributed by atoms with Gasteiger partial charge in [-0.15, -0.1) is 0 Å². The largest absolute Gasteiger partial charge is 0.491 e. The topological polar surface area (TPSA) is 21.3 Å². The zero-order valence-electron chi connectivity index (χ0n) is 12.4. The van der Waals surface area contributed by atoms with Crippen LogP contribution in [0.2, 0.25) is 0 Å². The van der Waals surface area contributed by atoms with Crippen LogP contribution in [0.25, 0.3) is 0 Å². The summed E-state index contributed by atoms with van der Waals surface area (Å²) in [6, 6.07) is 18.3. The maximum atomic E-state index is 5.75. The molecule has 1 atom stereocenters. The summed E-state index contributed by atoms with van der Waals surface area (Å²) in [5, 5.41) is 3.76. The van der Waals surface area contributed by atoms with Crippen LogP contribution in [0.3, 0.4) is 0 Å². The molecule has 2 aliphatic rings. The van der Waals surface area contributed by atoms with Gasteiger partial charge in [-0.05, 0) is 37.3 Å². The van der Waals surface area contributed by atoms with Gasteiger partial charge in [-0.2, -0.15) is 0 Å². The number of rotatable bonds is 3. The first kappa shape index (κ1) is 12.9. The lowest BCUT2D eigenvalue weighted by atomic mass is 9.75. The minimum atomic E-state index is 0.365. The number of hydrogen-bond donors (Lipinski definition) is 1. The number of para-hydroxylation sites is 1. The Morgan fingerprint density at radius 2 is 1.90 bits per heavy atom. The fourth-order valence-corrected chi connectivity index (χ4v) is 3.54. The van der Waals surface area contributed by atoms with E-state index in [1.807, 2.05) is 6.07 Å². The van der Waals surface area contributed by atoms with E-state index in [4.69, 9.17) is 4.74 Å². The molecular weight excluding hydrogens is 258 g/mol. The quantitative estimate of drug-likeness (QED) is 0.918. The number of ether oxygens (including phenoxy) is 1. The fourth-order valence-electron chi connectivity index (χ4n) is 3.54. The molecule has 0 amide bonds. The van der Waals surface area contributed by atoms with Gasteiger partial charge >= 0.3 is 0 Å². The maximum absolute atomic E-state index is 5.75. The Bertz CT molecular complexity index is 646. The SMILES string of the molecule is Cc1cccc(C2CC(NC3COc4ccccc43)C2)c1. The number of fused-ring (bicyclic) bond motifs is 1. The minimum absolute atomic E-state index is 0.365. The summed E-state index contributed by atoms with van der Waals surface area (Å²) in [5.41, 5.74) is 4.18. The van der Waals surface area contributed by atoms with Crippen molar-refractivity contribution in [2.45, 2.75) is 37.8 Å². The van der Waals surface area contributed by atoms with Crippen LogP contribution in [0.5, 0.6) is 5.75 Å². The lowest BCUT2D eigenvalue weighted by Crippen LogP contribution is -2.42. The maximum Gasteiger partial charge on any atom is 0.124 e. The van der Waals surface area contributed by atoms with E-state index >= 15 is 0 Å². The van der Waals surface area contributed by atoms with E-state index in [-0.39, 0.29) is 0 Å². The van der Waals surface area contributed by atoms with Crippen LogP contribution >= 0.6 is 0 Å². The molecule has 1 aliphatic heterocycles. The van der Waals surface area contributed by atoms with Crippen LogP contribution in [0.15, 0.2) is 48.5 Å². The summed E-state index contributed by atoms with van der Waals surface area (Å²) in [4.78, 5) is 0.